The van der Waals surface area contributed by atoms with Crippen molar-refractivity contribution < 1.29 is 23.8 Å². The van der Waals surface area contributed by atoms with Crippen molar-refractivity contribution in [2.75, 3.05) is 0 Å². The summed E-state index contributed by atoms with van der Waals surface area (Å²) in [4.78, 5) is 23.4. The van der Waals surface area contributed by atoms with E-state index in [2.05, 4.69) is 13.2 Å². The molecule has 0 amide bonds. The molecule has 0 bridgehead atoms. The molecule has 0 N–H and O–H groups in total. The van der Waals surface area contributed by atoms with Gasteiger partial charge < -0.3 is 14.2 Å². The summed E-state index contributed by atoms with van der Waals surface area (Å²) in [5.74, 6) is 0.879. The highest BCUT2D eigenvalue weighted by Gasteiger charge is 2.09. The second kappa shape index (κ2) is 12.1. The molecule has 0 atom stereocenters. The van der Waals surface area contributed by atoms with Gasteiger partial charge in [-0.15, -0.1) is 0 Å². The Hall–Kier alpha value is -4.90. The highest BCUT2D eigenvalue weighted by Crippen LogP contribution is 2.29. The Morgan fingerprint density at radius 3 is 1.51 bits per heavy atom. The molecule has 0 aliphatic heterocycles. The molecule has 0 aliphatic carbocycles. The smallest absolute Gasteiger partial charge is 0.338 e. The fraction of sp³-hybridized carbons (Fsp3) is 0.118. The topological polar surface area (TPSA) is 61.8 Å². The number of rotatable bonds is 9. The zero-order valence-corrected chi connectivity index (χ0v) is 22.3. The summed E-state index contributed by atoms with van der Waals surface area (Å²) in [6.07, 6.45) is 0. The minimum atomic E-state index is -0.437. The maximum Gasteiger partial charge on any atom is 0.338 e. The van der Waals surface area contributed by atoms with Crippen LogP contribution in [0.5, 0.6) is 17.2 Å². The molecule has 4 rings (SSSR count). The van der Waals surface area contributed by atoms with Gasteiger partial charge in [0.25, 0.3) is 0 Å². The van der Waals surface area contributed by atoms with Crippen LogP contribution in [0.15, 0.2) is 115 Å². The number of hydrogen-bond donors (Lipinski definition) is 0. The predicted octanol–water partition coefficient (Wildman–Crippen LogP) is 7.87. The van der Waals surface area contributed by atoms with E-state index in [1.807, 2.05) is 73.7 Å². The Kier molecular flexibility index (Phi) is 8.42. The lowest BCUT2D eigenvalue weighted by molar-refractivity contribution is -0.130. The Labute approximate surface area is 229 Å². The lowest BCUT2D eigenvalue weighted by Crippen LogP contribution is -2.07. The summed E-state index contributed by atoms with van der Waals surface area (Å²) in [7, 11) is 0. The van der Waals surface area contributed by atoms with Gasteiger partial charge in [-0.3, -0.25) is 0 Å². The first-order valence-corrected chi connectivity index (χ1v) is 12.5. The Bertz CT molecular complexity index is 1510. The van der Waals surface area contributed by atoms with Crippen molar-refractivity contribution >= 4 is 11.9 Å². The van der Waals surface area contributed by atoms with E-state index < -0.39 is 11.9 Å². The van der Waals surface area contributed by atoms with E-state index in [4.69, 9.17) is 14.2 Å². The van der Waals surface area contributed by atoms with Gasteiger partial charge in [0, 0.05) is 11.1 Å². The van der Waals surface area contributed by atoms with E-state index in [1.54, 1.807) is 38.1 Å². The largest absolute Gasteiger partial charge is 0.489 e. The number of esters is 2. The van der Waals surface area contributed by atoms with Crippen molar-refractivity contribution in [1.29, 1.82) is 0 Å². The number of ether oxygens (including phenoxy) is 3. The number of carbonyl (C=O) groups is 2. The van der Waals surface area contributed by atoms with Gasteiger partial charge in [0.15, 0.2) is 0 Å². The minimum absolute atomic E-state index is 0.358. The van der Waals surface area contributed by atoms with Crippen LogP contribution < -0.4 is 14.2 Å². The lowest BCUT2D eigenvalue weighted by Gasteiger charge is -2.12. The Balaban J connectivity index is 1.35. The Morgan fingerprint density at radius 1 is 0.615 bits per heavy atom. The third-order valence-electron chi connectivity index (χ3n) is 6.03. The summed E-state index contributed by atoms with van der Waals surface area (Å²) in [5, 5.41) is 0. The molecule has 196 valence electrons. The van der Waals surface area contributed by atoms with E-state index in [0.29, 0.717) is 29.3 Å². The highest BCUT2D eigenvalue weighted by molar-refractivity contribution is 5.89. The summed E-state index contributed by atoms with van der Waals surface area (Å²) >= 11 is 0. The lowest BCUT2D eigenvalue weighted by atomic mass is 10.0. The summed E-state index contributed by atoms with van der Waals surface area (Å²) in [6.45, 7) is 12.9. The second-order valence-electron chi connectivity index (χ2n) is 9.35. The molecule has 0 unspecified atom stereocenters. The fourth-order valence-electron chi connectivity index (χ4n) is 3.82. The zero-order chi connectivity index (χ0) is 27.9. The maximum absolute atomic E-state index is 11.7. The molecule has 0 aliphatic rings. The van der Waals surface area contributed by atoms with E-state index in [-0.39, 0.29) is 0 Å². The van der Waals surface area contributed by atoms with E-state index in [9.17, 15) is 9.59 Å². The zero-order valence-electron chi connectivity index (χ0n) is 22.3. The predicted molar refractivity (Wildman–Crippen MR) is 154 cm³/mol. The van der Waals surface area contributed by atoms with Gasteiger partial charge in [-0.1, -0.05) is 67.8 Å². The van der Waals surface area contributed by atoms with Gasteiger partial charge >= 0.3 is 11.9 Å². The van der Waals surface area contributed by atoms with E-state index in [0.717, 1.165) is 39.1 Å². The summed E-state index contributed by atoms with van der Waals surface area (Å²) in [5.41, 5.74) is 7.01. The molecule has 5 heteroatoms. The van der Waals surface area contributed by atoms with Crippen molar-refractivity contribution in [1.82, 2.24) is 0 Å². The van der Waals surface area contributed by atoms with Gasteiger partial charge in [0.1, 0.15) is 23.9 Å². The van der Waals surface area contributed by atoms with Gasteiger partial charge in [-0.05, 0) is 90.6 Å². The van der Waals surface area contributed by atoms with Crippen LogP contribution >= 0.6 is 0 Å². The molecule has 0 saturated heterocycles. The molecule has 0 radical (unpaired) electrons. The molecule has 5 nitrogen and oxygen atoms in total. The minimum Gasteiger partial charge on any atom is -0.489 e. The van der Waals surface area contributed by atoms with Gasteiger partial charge in [-0.25, -0.2) is 9.59 Å². The second-order valence-corrected chi connectivity index (χ2v) is 9.35. The number of aryl methyl sites for hydroxylation is 1. The molecule has 0 aromatic heterocycles. The summed E-state index contributed by atoms with van der Waals surface area (Å²) < 4.78 is 16.6. The average molecular weight is 519 g/mol. The van der Waals surface area contributed by atoms with Crippen molar-refractivity contribution in [2.45, 2.75) is 27.4 Å². The normalized spacial score (nSPS) is 10.4. The SMILES string of the molecule is C=C(C)C(=O)Oc1ccc(-c2ccc(COc3ccc(-c4ccc(OC(=O)C(=C)C)cc4)c(C)c3)cc2)cc1. The monoisotopic (exact) mass is 518 g/mol. The third kappa shape index (κ3) is 7.11. The van der Waals surface area contributed by atoms with Crippen molar-refractivity contribution in [3.05, 3.63) is 126 Å². The maximum atomic E-state index is 11.7. The van der Waals surface area contributed by atoms with Crippen LogP contribution in [-0.2, 0) is 16.2 Å². The van der Waals surface area contributed by atoms with Crippen LogP contribution in [-0.4, -0.2) is 11.9 Å². The van der Waals surface area contributed by atoms with Gasteiger partial charge in [0.2, 0.25) is 0 Å². The van der Waals surface area contributed by atoms with E-state index >= 15 is 0 Å². The van der Waals surface area contributed by atoms with Crippen molar-refractivity contribution in [3.8, 4) is 39.5 Å². The molecule has 0 heterocycles. The first kappa shape index (κ1) is 27.1. The molecule has 39 heavy (non-hydrogen) atoms. The van der Waals surface area contributed by atoms with E-state index in [1.165, 1.54) is 0 Å². The number of hydrogen-bond acceptors (Lipinski definition) is 5. The first-order valence-electron chi connectivity index (χ1n) is 12.5. The standard InChI is InChI=1S/C34H30O5/c1-22(2)33(35)38-29-14-10-27(11-15-29)26-8-6-25(7-9-26)21-37-31-18-19-32(24(5)20-31)28-12-16-30(17-13-28)39-34(36)23(3)4/h6-20H,1,3,21H2,2,4-5H3. The quantitative estimate of drug-likeness (QED) is 0.128. The van der Waals surface area contributed by atoms with Crippen molar-refractivity contribution in [2.24, 2.45) is 0 Å². The molecule has 4 aromatic rings. The van der Waals surface area contributed by atoms with Gasteiger partial charge in [-0.2, -0.15) is 0 Å². The average Bonchev–Trinajstić information content (AvgIpc) is 2.93. The molecule has 0 saturated carbocycles. The summed E-state index contributed by atoms with van der Waals surface area (Å²) in [6, 6.07) is 28.9. The van der Waals surface area contributed by atoms with Crippen LogP contribution in [0.2, 0.25) is 0 Å². The molecular weight excluding hydrogens is 488 g/mol. The van der Waals surface area contributed by atoms with Crippen LogP contribution in [0.3, 0.4) is 0 Å². The number of carbonyl (C=O) groups excluding carboxylic acids is 2. The molecule has 4 aromatic carbocycles. The number of benzene rings is 4. The molecule has 0 spiro atoms. The van der Waals surface area contributed by atoms with Crippen LogP contribution in [0, 0.1) is 6.92 Å². The fourth-order valence-corrected chi connectivity index (χ4v) is 3.82. The Morgan fingerprint density at radius 2 is 1.05 bits per heavy atom. The highest BCUT2D eigenvalue weighted by atomic mass is 16.5. The van der Waals surface area contributed by atoms with Crippen LogP contribution in [0.1, 0.15) is 25.0 Å². The van der Waals surface area contributed by atoms with Gasteiger partial charge in [0.05, 0.1) is 0 Å². The molecule has 0 fully saturated rings. The molecular formula is C34H30O5. The van der Waals surface area contributed by atoms with Crippen LogP contribution in [0.4, 0.5) is 0 Å². The first-order chi connectivity index (χ1) is 18.7. The van der Waals surface area contributed by atoms with Crippen LogP contribution in [0.25, 0.3) is 22.3 Å². The third-order valence-corrected chi connectivity index (χ3v) is 6.03. The van der Waals surface area contributed by atoms with Crippen molar-refractivity contribution in [3.63, 3.8) is 0 Å².